The summed E-state index contributed by atoms with van der Waals surface area (Å²) in [6, 6.07) is 3.18. The van der Waals surface area contributed by atoms with Crippen LogP contribution in [0.4, 0.5) is 11.6 Å². The van der Waals surface area contributed by atoms with Crippen LogP contribution in [-0.4, -0.2) is 26.0 Å². The molecule has 0 saturated carbocycles. The Morgan fingerprint density at radius 3 is 2.80 bits per heavy atom. The molecule has 8 nitrogen and oxygen atoms in total. The summed E-state index contributed by atoms with van der Waals surface area (Å²) in [4.78, 5) is 30.9. The van der Waals surface area contributed by atoms with Crippen LogP contribution in [-0.2, 0) is 6.54 Å². The Labute approximate surface area is 113 Å². The fraction of sp³-hybridized carbons (Fsp3) is 0.250. The SMILES string of the molecule is O=c1c([N+](=O)[O-])c(-c2ccncc2)nc2n1CCCN2. The molecule has 3 rings (SSSR count). The number of rotatable bonds is 2. The Morgan fingerprint density at radius 1 is 1.35 bits per heavy atom. The molecule has 0 atom stereocenters. The molecule has 0 unspecified atom stereocenters. The van der Waals surface area contributed by atoms with E-state index in [1.807, 2.05) is 0 Å². The van der Waals surface area contributed by atoms with Gasteiger partial charge in [0.05, 0.1) is 4.92 Å². The number of anilines is 1. The number of fused-ring (bicyclic) bond motifs is 1. The van der Waals surface area contributed by atoms with Crippen molar-refractivity contribution < 1.29 is 4.92 Å². The molecule has 3 heterocycles. The van der Waals surface area contributed by atoms with Crippen LogP contribution in [0.3, 0.4) is 0 Å². The molecule has 2 aromatic heterocycles. The van der Waals surface area contributed by atoms with E-state index in [1.54, 1.807) is 12.1 Å². The van der Waals surface area contributed by atoms with E-state index in [2.05, 4.69) is 15.3 Å². The van der Waals surface area contributed by atoms with Crippen molar-refractivity contribution in [2.75, 3.05) is 11.9 Å². The maximum absolute atomic E-state index is 12.3. The van der Waals surface area contributed by atoms with Crippen LogP contribution < -0.4 is 10.9 Å². The molecule has 2 aromatic rings. The first-order valence-electron chi connectivity index (χ1n) is 6.12. The molecule has 1 aliphatic rings. The molecule has 0 radical (unpaired) electrons. The highest BCUT2D eigenvalue weighted by atomic mass is 16.6. The molecule has 0 amide bonds. The first-order valence-corrected chi connectivity index (χ1v) is 6.12. The van der Waals surface area contributed by atoms with Crippen LogP contribution in [0.15, 0.2) is 29.3 Å². The van der Waals surface area contributed by atoms with Crippen molar-refractivity contribution in [2.45, 2.75) is 13.0 Å². The van der Waals surface area contributed by atoms with Gasteiger partial charge < -0.3 is 5.32 Å². The molecular formula is C12H11N5O3. The second-order valence-electron chi connectivity index (χ2n) is 4.36. The first kappa shape index (κ1) is 12.3. The minimum Gasteiger partial charge on any atom is -0.355 e. The van der Waals surface area contributed by atoms with E-state index in [4.69, 9.17) is 0 Å². The maximum atomic E-state index is 12.3. The van der Waals surface area contributed by atoms with Gasteiger partial charge in [-0.2, -0.15) is 0 Å². The monoisotopic (exact) mass is 273 g/mol. The largest absolute Gasteiger partial charge is 0.360 e. The molecular weight excluding hydrogens is 262 g/mol. The number of hydrogen-bond acceptors (Lipinski definition) is 6. The van der Waals surface area contributed by atoms with Crippen LogP contribution in [0, 0.1) is 10.1 Å². The summed E-state index contributed by atoms with van der Waals surface area (Å²) in [5, 5.41) is 14.2. The molecule has 8 heteroatoms. The van der Waals surface area contributed by atoms with Gasteiger partial charge in [-0.25, -0.2) is 4.98 Å². The Bertz CT molecular complexity index is 726. The summed E-state index contributed by atoms with van der Waals surface area (Å²) < 4.78 is 1.31. The van der Waals surface area contributed by atoms with Crippen molar-refractivity contribution in [1.29, 1.82) is 0 Å². The molecule has 20 heavy (non-hydrogen) atoms. The Hall–Kier alpha value is -2.77. The summed E-state index contributed by atoms with van der Waals surface area (Å²) in [5.41, 5.74) is -0.551. The highest BCUT2D eigenvalue weighted by Crippen LogP contribution is 2.26. The lowest BCUT2D eigenvalue weighted by Crippen LogP contribution is -2.32. The molecule has 1 N–H and O–H groups in total. The lowest BCUT2D eigenvalue weighted by molar-refractivity contribution is -0.386. The summed E-state index contributed by atoms with van der Waals surface area (Å²) in [7, 11) is 0. The fourth-order valence-electron chi connectivity index (χ4n) is 2.20. The molecule has 0 saturated heterocycles. The van der Waals surface area contributed by atoms with Crippen molar-refractivity contribution in [1.82, 2.24) is 14.5 Å². The van der Waals surface area contributed by atoms with Crippen molar-refractivity contribution in [3.63, 3.8) is 0 Å². The third-order valence-electron chi connectivity index (χ3n) is 3.12. The van der Waals surface area contributed by atoms with Crippen LogP contribution in [0.5, 0.6) is 0 Å². The van der Waals surface area contributed by atoms with E-state index >= 15 is 0 Å². The lowest BCUT2D eigenvalue weighted by atomic mass is 10.1. The highest BCUT2D eigenvalue weighted by Gasteiger charge is 2.27. The zero-order chi connectivity index (χ0) is 14.1. The van der Waals surface area contributed by atoms with Crippen LogP contribution in [0.1, 0.15) is 6.42 Å². The summed E-state index contributed by atoms with van der Waals surface area (Å²) in [6.07, 6.45) is 3.75. The Balaban J connectivity index is 2.31. The number of nitrogens with zero attached hydrogens (tertiary/aromatic N) is 4. The predicted molar refractivity (Wildman–Crippen MR) is 71.5 cm³/mol. The zero-order valence-corrected chi connectivity index (χ0v) is 10.4. The van der Waals surface area contributed by atoms with Crippen molar-refractivity contribution >= 4 is 11.6 Å². The van der Waals surface area contributed by atoms with Gasteiger partial charge in [0.15, 0.2) is 5.69 Å². The van der Waals surface area contributed by atoms with Crippen molar-refractivity contribution in [2.24, 2.45) is 0 Å². The fourth-order valence-corrected chi connectivity index (χ4v) is 2.20. The van der Waals surface area contributed by atoms with Crippen LogP contribution in [0.25, 0.3) is 11.3 Å². The van der Waals surface area contributed by atoms with Crippen LogP contribution >= 0.6 is 0 Å². The van der Waals surface area contributed by atoms with Crippen molar-refractivity contribution in [3.8, 4) is 11.3 Å². The molecule has 0 aromatic carbocycles. The van der Waals surface area contributed by atoms with Gasteiger partial charge in [0.25, 0.3) is 0 Å². The van der Waals surface area contributed by atoms with Gasteiger partial charge in [0.2, 0.25) is 5.95 Å². The minimum absolute atomic E-state index is 0.0723. The smallest absolute Gasteiger partial charge is 0.355 e. The zero-order valence-electron chi connectivity index (χ0n) is 10.4. The Kier molecular flexibility index (Phi) is 2.90. The molecule has 0 fully saturated rings. The van der Waals surface area contributed by atoms with E-state index in [-0.39, 0.29) is 5.69 Å². The van der Waals surface area contributed by atoms with E-state index in [0.717, 1.165) is 6.42 Å². The predicted octanol–water partition coefficient (Wildman–Crippen LogP) is 1.03. The maximum Gasteiger partial charge on any atom is 0.360 e. The summed E-state index contributed by atoms with van der Waals surface area (Å²) in [6.45, 7) is 1.13. The van der Waals surface area contributed by atoms with Gasteiger partial charge in [0.1, 0.15) is 0 Å². The van der Waals surface area contributed by atoms with E-state index in [0.29, 0.717) is 24.6 Å². The molecule has 0 aliphatic carbocycles. The van der Waals surface area contributed by atoms with Crippen molar-refractivity contribution in [3.05, 3.63) is 45.0 Å². The minimum atomic E-state index is -0.674. The van der Waals surface area contributed by atoms with E-state index in [1.165, 1.54) is 17.0 Å². The number of nitro groups is 1. The molecule has 0 spiro atoms. The Morgan fingerprint density at radius 2 is 2.10 bits per heavy atom. The quantitative estimate of drug-likeness (QED) is 0.647. The van der Waals surface area contributed by atoms with E-state index < -0.39 is 16.2 Å². The second-order valence-corrected chi connectivity index (χ2v) is 4.36. The van der Waals surface area contributed by atoms with Gasteiger partial charge in [-0.3, -0.25) is 24.5 Å². The average molecular weight is 273 g/mol. The number of nitrogens with one attached hydrogen (secondary N) is 1. The van der Waals surface area contributed by atoms with E-state index in [9.17, 15) is 14.9 Å². The number of aromatic nitrogens is 3. The first-order chi connectivity index (χ1) is 9.68. The normalized spacial score (nSPS) is 13.4. The lowest BCUT2D eigenvalue weighted by Gasteiger charge is -2.19. The molecule has 0 bridgehead atoms. The summed E-state index contributed by atoms with van der Waals surface area (Å²) in [5.74, 6) is 0.374. The van der Waals surface area contributed by atoms with Gasteiger partial charge in [-0.15, -0.1) is 0 Å². The van der Waals surface area contributed by atoms with Crippen LogP contribution in [0.2, 0.25) is 0 Å². The highest BCUT2D eigenvalue weighted by molar-refractivity contribution is 5.69. The summed E-state index contributed by atoms with van der Waals surface area (Å²) >= 11 is 0. The average Bonchev–Trinajstić information content (AvgIpc) is 2.47. The number of pyridine rings is 1. The molecule has 102 valence electrons. The van der Waals surface area contributed by atoms with Gasteiger partial charge in [0, 0.05) is 31.0 Å². The second kappa shape index (κ2) is 4.72. The number of hydrogen-bond donors (Lipinski definition) is 1. The van der Waals surface area contributed by atoms with Gasteiger partial charge in [-0.1, -0.05) is 0 Å². The van der Waals surface area contributed by atoms with Gasteiger partial charge in [-0.05, 0) is 18.6 Å². The third-order valence-corrected chi connectivity index (χ3v) is 3.12. The molecule has 1 aliphatic heterocycles. The third kappa shape index (κ3) is 1.91. The topological polar surface area (TPSA) is 103 Å². The van der Waals surface area contributed by atoms with Gasteiger partial charge >= 0.3 is 11.2 Å². The standard InChI is InChI=1S/C12H11N5O3/c18-11-10(17(19)20)9(8-2-5-13-6-3-8)15-12-14-4-1-7-16(11)12/h2-3,5-6H,1,4,7H2,(H,14,15).